The Morgan fingerprint density at radius 1 is 0.717 bits per heavy atom. The second-order valence-corrected chi connectivity index (χ2v) is 15.9. The van der Waals surface area contributed by atoms with Crippen LogP contribution in [0.2, 0.25) is 0 Å². The van der Waals surface area contributed by atoms with Crippen molar-refractivity contribution >= 4 is 41.2 Å². The highest BCUT2D eigenvalue weighted by Crippen LogP contribution is 2.52. The maximum absolute atomic E-state index is 13.5. The molecule has 0 saturated heterocycles. The summed E-state index contributed by atoms with van der Waals surface area (Å²) in [5, 5.41) is 9.15. The van der Waals surface area contributed by atoms with E-state index in [0.29, 0.717) is 24.1 Å². The third-order valence-corrected chi connectivity index (χ3v) is 11.9. The van der Waals surface area contributed by atoms with Crippen LogP contribution in [0.25, 0.3) is 0 Å². The lowest BCUT2D eigenvalue weighted by molar-refractivity contribution is -0.143. The zero-order valence-electron chi connectivity index (χ0n) is 33.9. The van der Waals surface area contributed by atoms with E-state index in [4.69, 9.17) is 14.6 Å². The van der Waals surface area contributed by atoms with Gasteiger partial charge in [-0.05, 0) is 73.4 Å². The highest BCUT2D eigenvalue weighted by Gasteiger charge is 2.50. The molecule has 60 heavy (non-hydrogen) atoms. The van der Waals surface area contributed by atoms with Gasteiger partial charge in [-0.15, -0.1) is 6.58 Å². The number of carboxylic acids is 1. The van der Waals surface area contributed by atoms with Gasteiger partial charge in [0, 0.05) is 42.4 Å². The maximum atomic E-state index is 13.5. The van der Waals surface area contributed by atoms with Crippen LogP contribution in [-0.4, -0.2) is 58.0 Å². The van der Waals surface area contributed by atoms with Crippen LogP contribution in [0.3, 0.4) is 0 Å². The van der Waals surface area contributed by atoms with Crippen LogP contribution in [0.4, 0.5) is 21.0 Å². The Morgan fingerprint density at radius 3 is 1.93 bits per heavy atom. The summed E-state index contributed by atoms with van der Waals surface area (Å²) in [5.74, 6) is -0.894. The van der Waals surface area contributed by atoms with Crippen LogP contribution < -0.4 is 9.80 Å². The first kappa shape index (κ1) is 41.9. The van der Waals surface area contributed by atoms with Crippen molar-refractivity contribution in [1.82, 2.24) is 4.90 Å². The molecular formula is C49H53N3O8. The molecule has 8 rings (SSSR count). The number of carboxylic acid groups (broad SMARTS) is 1. The molecule has 4 aromatic carbocycles. The van der Waals surface area contributed by atoms with Gasteiger partial charge in [-0.2, -0.15) is 0 Å². The fourth-order valence-corrected chi connectivity index (χ4v) is 8.96. The zero-order chi connectivity index (χ0) is 42.0. The normalized spacial score (nSPS) is 20.2. The Kier molecular flexibility index (Phi) is 13.7. The summed E-state index contributed by atoms with van der Waals surface area (Å²) in [6.07, 6.45) is 8.34. The molecule has 4 unspecified atom stereocenters. The molecule has 312 valence electrons. The van der Waals surface area contributed by atoms with Crippen molar-refractivity contribution < 1.29 is 38.6 Å². The maximum Gasteiger partial charge on any atom is 0.414 e. The first-order valence-corrected chi connectivity index (χ1v) is 21.1. The molecule has 0 radical (unpaired) electrons. The molecule has 11 heteroatoms. The van der Waals surface area contributed by atoms with E-state index < -0.39 is 12.1 Å². The molecule has 2 fully saturated rings. The molecule has 4 aliphatic rings. The zero-order valence-corrected chi connectivity index (χ0v) is 33.9. The standard InChI is InChI=1S/C28H32N2O5.C21H21NO3/c31-25(16-17-26(32)33)29(20-14-15-20)27-21-10-4-6-12-23(21)30(24-13-7-5-11-22(24)27)28(34)35-18-19-8-2-1-3-9-19;1-2-3-11-17-14-20(23)18-12-7-8-13-19(18)22(17)21(24)25-15-16-9-5-4-6-10-16/h1-4,6,8-10,12,20,22,24,27H,5,7,11,13-18H2,(H,32,33);2,4-10,12-13,17H,1,3,11,14-15H2. The number of hydrogen-bond donors (Lipinski definition) is 1. The fourth-order valence-electron chi connectivity index (χ4n) is 8.96. The smallest absolute Gasteiger partial charge is 0.414 e. The van der Waals surface area contributed by atoms with E-state index in [1.165, 1.54) is 0 Å². The minimum absolute atomic E-state index is 0.00468. The number of carbonyl (C=O) groups is 5. The van der Waals surface area contributed by atoms with Crippen LogP contribution >= 0.6 is 0 Å². The van der Waals surface area contributed by atoms with Crippen molar-refractivity contribution in [3.8, 4) is 0 Å². The molecule has 3 amide bonds. The highest BCUT2D eigenvalue weighted by atomic mass is 16.6. The number of amides is 3. The lowest BCUT2D eigenvalue weighted by Gasteiger charge is -2.51. The van der Waals surface area contributed by atoms with Crippen LogP contribution in [0, 0.1) is 5.92 Å². The summed E-state index contributed by atoms with van der Waals surface area (Å²) in [7, 11) is 0. The summed E-state index contributed by atoms with van der Waals surface area (Å²) in [4.78, 5) is 68.6. The van der Waals surface area contributed by atoms with E-state index >= 15 is 0 Å². The number of Topliss-reactive ketones (excluding diaryl/α,β-unsaturated/α-hetero) is 1. The van der Waals surface area contributed by atoms with Crippen molar-refractivity contribution in [1.29, 1.82) is 0 Å². The number of para-hydroxylation sites is 2. The van der Waals surface area contributed by atoms with Gasteiger partial charge in [-0.3, -0.25) is 24.2 Å². The Morgan fingerprint density at radius 2 is 1.30 bits per heavy atom. The van der Waals surface area contributed by atoms with Gasteiger partial charge in [-0.1, -0.05) is 110 Å². The van der Waals surface area contributed by atoms with Crippen LogP contribution in [0.15, 0.2) is 122 Å². The summed E-state index contributed by atoms with van der Waals surface area (Å²) < 4.78 is 11.3. The average molecular weight is 812 g/mol. The fraction of sp³-hybridized carbons (Fsp3) is 0.367. The van der Waals surface area contributed by atoms with Crippen molar-refractivity contribution in [3.63, 3.8) is 0 Å². The van der Waals surface area contributed by atoms with Gasteiger partial charge >= 0.3 is 18.2 Å². The van der Waals surface area contributed by atoms with Gasteiger partial charge in [0.15, 0.2) is 5.78 Å². The Labute approximate surface area is 351 Å². The van der Waals surface area contributed by atoms with Gasteiger partial charge < -0.3 is 19.5 Å². The highest BCUT2D eigenvalue weighted by molar-refractivity contribution is 6.08. The van der Waals surface area contributed by atoms with Crippen LogP contribution in [0.5, 0.6) is 0 Å². The predicted molar refractivity (Wildman–Crippen MR) is 228 cm³/mol. The third-order valence-electron chi connectivity index (χ3n) is 11.9. The minimum Gasteiger partial charge on any atom is -0.481 e. The first-order valence-electron chi connectivity index (χ1n) is 21.1. The molecule has 1 N–H and O–H groups in total. The summed E-state index contributed by atoms with van der Waals surface area (Å²) in [5.41, 5.74) is 4.84. The number of carbonyl (C=O) groups excluding carboxylic acids is 4. The van der Waals surface area contributed by atoms with E-state index in [1.54, 1.807) is 23.1 Å². The number of ketones is 1. The molecule has 2 aliphatic heterocycles. The average Bonchev–Trinajstić information content (AvgIpc) is 4.12. The SMILES string of the molecule is C=CCCC1CC(=O)c2ccccc2N1C(=O)OCc1ccccc1.O=C(O)CCC(=O)N(C1CC1)C1c2ccccc2N(C(=O)OCc2ccccc2)C2CCCCC21. The van der Waals surface area contributed by atoms with Gasteiger partial charge in [0.1, 0.15) is 13.2 Å². The molecule has 4 aromatic rings. The van der Waals surface area contributed by atoms with Gasteiger partial charge in [0.25, 0.3) is 0 Å². The number of ether oxygens (including phenoxy) is 2. The number of nitrogens with zero attached hydrogens (tertiary/aromatic N) is 3. The van der Waals surface area contributed by atoms with E-state index in [1.807, 2.05) is 107 Å². The topological polar surface area (TPSA) is 134 Å². The summed E-state index contributed by atoms with van der Waals surface area (Å²) in [6.45, 7) is 4.15. The largest absolute Gasteiger partial charge is 0.481 e. The number of benzene rings is 4. The van der Waals surface area contributed by atoms with Crippen molar-refractivity contribution in [2.24, 2.45) is 5.92 Å². The number of fused-ring (bicyclic) bond motifs is 3. The second kappa shape index (κ2) is 19.7. The quantitative estimate of drug-likeness (QED) is 0.140. The van der Waals surface area contributed by atoms with E-state index in [2.05, 4.69) is 6.58 Å². The lowest BCUT2D eigenvalue weighted by atomic mass is 9.72. The monoisotopic (exact) mass is 811 g/mol. The molecule has 11 nitrogen and oxygen atoms in total. The number of aliphatic carboxylic acids is 1. The number of rotatable bonds is 12. The molecule has 4 atom stereocenters. The van der Waals surface area contributed by atoms with E-state index in [0.717, 1.165) is 67.3 Å². The molecule has 0 spiro atoms. The Hall–Kier alpha value is -6.23. The minimum atomic E-state index is -0.957. The summed E-state index contributed by atoms with van der Waals surface area (Å²) in [6, 6.07) is 34.0. The third kappa shape index (κ3) is 9.79. The number of allylic oxidation sites excluding steroid dienone is 1. The van der Waals surface area contributed by atoms with Crippen molar-refractivity contribution in [3.05, 3.63) is 144 Å². The number of anilines is 2. The molecule has 2 heterocycles. The summed E-state index contributed by atoms with van der Waals surface area (Å²) >= 11 is 0. The first-order chi connectivity index (χ1) is 29.2. The van der Waals surface area contributed by atoms with Crippen LogP contribution in [0.1, 0.15) is 104 Å². The number of hydrogen-bond acceptors (Lipinski definition) is 7. The molecule has 0 aromatic heterocycles. The lowest BCUT2D eigenvalue weighted by Crippen LogP contribution is -2.55. The Balaban J connectivity index is 0.000000192. The van der Waals surface area contributed by atoms with E-state index in [9.17, 15) is 24.0 Å². The second-order valence-electron chi connectivity index (χ2n) is 15.9. The predicted octanol–water partition coefficient (Wildman–Crippen LogP) is 10.1. The molecule has 2 saturated carbocycles. The van der Waals surface area contributed by atoms with Crippen molar-refractivity contribution in [2.75, 3.05) is 9.80 Å². The van der Waals surface area contributed by atoms with Crippen molar-refractivity contribution in [2.45, 2.75) is 108 Å². The van der Waals surface area contributed by atoms with Gasteiger partial charge in [0.2, 0.25) is 5.91 Å². The van der Waals surface area contributed by atoms with Crippen LogP contribution in [-0.2, 0) is 32.3 Å². The Bertz CT molecular complexity index is 2160. The van der Waals surface area contributed by atoms with Gasteiger partial charge in [-0.25, -0.2) is 9.59 Å². The van der Waals surface area contributed by atoms with Gasteiger partial charge in [0.05, 0.1) is 23.8 Å². The van der Waals surface area contributed by atoms with E-state index in [-0.39, 0.29) is 73.9 Å². The molecule has 2 aliphatic carbocycles. The molecular weight excluding hydrogens is 759 g/mol. The molecule has 0 bridgehead atoms.